The predicted octanol–water partition coefficient (Wildman–Crippen LogP) is 3.62. The minimum absolute atomic E-state index is 0.0725. The summed E-state index contributed by atoms with van der Waals surface area (Å²) in [4.78, 5) is 11.9. The Morgan fingerprint density at radius 1 is 1.24 bits per heavy atom. The summed E-state index contributed by atoms with van der Waals surface area (Å²) in [6.07, 6.45) is 2.22. The summed E-state index contributed by atoms with van der Waals surface area (Å²) < 4.78 is 20.9. The maximum atomic E-state index is 11.9. The molecule has 1 aromatic rings. The van der Waals surface area contributed by atoms with Gasteiger partial charge in [-0.1, -0.05) is 18.5 Å². The van der Waals surface area contributed by atoms with Crippen molar-refractivity contribution >= 4 is 23.6 Å². The number of benzene rings is 1. The van der Waals surface area contributed by atoms with Crippen LogP contribution in [0.5, 0.6) is 11.5 Å². The summed E-state index contributed by atoms with van der Waals surface area (Å²) in [5.41, 5.74) is 0.398. The van der Waals surface area contributed by atoms with Gasteiger partial charge < -0.3 is 18.9 Å². The van der Waals surface area contributed by atoms with Crippen LogP contribution in [0.15, 0.2) is 17.7 Å². The van der Waals surface area contributed by atoms with Crippen LogP contribution in [-0.2, 0) is 14.3 Å². The molecular weight excluding hydrogens is 346 g/mol. The Kier molecular flexibility index (Phi) is 9.45. The lowest BCUT2D eigenvalue weighted by atomic mass is 10.1. The average molecular weight is 368 g/mol. The first kappa shape index (κ1) is 20.8. The molecule has 7 heteroatoms. The molecule has 0 aliphatic heterocycles. The first-order chi connectivity index (χ1) is 12.1. The van der Waals surface area contributed by atoms with Gasteiger partial charge >= 0.3 is 5.97 Å². The van der Waals surface area contributed by atoms with Crippen molar-refractivity contribution in [1.82, 2.24) is 0 Å². The Hall–Kier alpha value is -2.23. The molecule has 25 heavy (non-hydrogen) atoms. The van der Waals surface area contributed by atoms with Crippen molar-refractivity contribution in [3.63, 3.8) is 0 Å². The molecule has 0 heterocycles. The van der Waals surface area contributed by atoms with Gasteiger partial charge in [0.25, 0.3) is 0 Å². The maximum Gasteiger partial charge on any atom is 0.348 e. The van der Waals surface area contributed by atoms with Crippen LogP contribution in [0.2, 0.25) is 5.02 Å². The summed E-state index contributed by atoms with van der Waals surface area (Å²) in [7, 11) is 1.49. The van der Waals surface area contributed by atoms with Crippen molar-refractivity contribution in [2.45, 2.75) is 20.3 Å². The van der Waals surface area contributed by atoms with Crippen LogP contribution >= 0.6 is 11.6 Å². The van der Waals surface area contributed by atoms with E-state index in [2.05, 4.69) is 0 Å². The molecule has 0 aliphatic carbocycles. The smallest absolute Gasteiger partial charge is 0.348 e. The molecule has 136 valence electrons. The van der Waals surface area contributed by atoms with Gasteiger partial charge in [0, 0.05) is 7.11 Å². The van der Waals surface area contributed by atoms with Gasteiger partial charge in [-0.05, 0) is 37.1 Å². The third-order valence-corrected chi connectivity index (χ3v) is 3.23. The van der Waals surface area contributed by atoms with Crippen LogP contribution in [-0.4, -0.2) is 39.5 Å². The number of carbonyl (C=O) groups excluding carboxylic acids is 1. The van der Waals surface area contributed by atoms with E-state index in [0.29, 0.717) is 35.3 Å². The summed E-state index contributed by atoms with van der Waals surface area (Å²) in [5, 5.41) is 9.53. The largest absolute Gasteiger partial charge is 0.490 e. The van der Waals surface area contributed by atoms with Gasteiger partial charge in [0.1, 0.15) is 18.2 Å². The highest BCUT2D eigenvalue weighted by Gasteiger charge is 2.15. The van der Waals surface area contributed by atoms with E-state index >= 15 is 0 Å². The predicted molar refractivity (Wildman–Crippen MR) is 94.8 cm³/mol. The molecule has 0 saturated heterocycles. The summed E-state index contributed by atoms with van der Waals surface area (Å²) >= 11 is 6.26. The molecule has 0 bridgehead atoms. The third-order valence-electron chi connectivity index (χ3n) is 2.95. The standard InChI is InChI=1S/C18H22ClNO5/c1-4-6-24-17-15(19)10-13(11-16(17)23-5-2)9-14(12-20)18(21)25-8-7-22-3/h9-11H,4-8H2,1-3H3/b14-9+. The van der Waals surface area contributed by atoms with Crippen molar-refractivity contribution in [2.24, 2.45) is 0 Å². The number of nitrogens with zero attached hydrogens (tertiary/aromatic N) is 1. The fourth-order valence-electron chi connectivity index (χ4n) is 1.88. The van der Waals surface area contributed by atoms with Crippen molar-refractivity contribution in [1.29, 1.82) is 5.26 Å². The van der Waals surface area contributed by atoms with Crippen molar-refractivity contribution in [3.8, 4) is 17.6 Å². The first-order valence-corrected chi connectivity index (χ1v) is 8.32. The lowest BCUT2D eigenvalue weighted by Gasteiger charge is -2.14. The quantitative estimate of drug-likeness (QED) is 0.272. The fourth-order valence-corrected chi connectivity index (χ4v) is 2.15. The van der Waals surface area contributed by atoms with Crippen LogP contribution in [0.25, 0.3) is 6.08 Å². The average Bonchev–Trinajstić information content (AvgIpc) is 2.59. The monoisotopic (exact) mass is 367 g/mol. The molecule has 1 rings (SSSR count). The number of carbonyl (C=O) groups is 1. The van der Waals surface area contributed by atoms with Gasteiger partial charge in [-0.3, -0.25) is 0 Å². The molecule has 1 aromatic carbocycles. The zero-order chi connectivity index (χ0) is 18.7. The van der Waals surface area contributed by atoms with Gasteiger partial charge in [0.15, 0.2) is 11.5 Å². The number of ether oxygens (including phenoxy) is 4. The second-order valence-electron chi connectivity index (χ2n) is 4.91. The Labute approximate surface area is 152 Å². The summed E-state index contributed by atoms with van der Waals surface area (Å²) in [6, 6.07) is 5.10. The highest BCUT2D eigenvalue weighted by molar-refractivity contribution is 6.32. The Balaban J connectivity index is 3.10. The number of rotatable bonds is 10. The third kappa shape index (κ3) is 6.65. The van der Waals surface area contributed by atoms with Crippen molar-refractivity contribution in [3.05, 3.63) is 28.3 Å². The molecule has 6 nitrogen and oxygen atoms in total. The number of esters is 1. The van der Waals surface area contributed by atoms with Crippen molar-refractivity contribution in [2.75, 3.05) is 33.5 Å². The van der Waals surface area contributed by atoms with Gasteiger partial charge in [-0.2, -0.15) is 5.26 Å². The van der Waals surface area contributed by atoms with Gasteiger partial charge in [0.2, 0.25) is 0 Å². The Morgan fingerprint density at radius 3 is 2.60 bits per heavy atom. The fraction of sp³-hybridized carbons (Fsp3) is 0.444. The Morgan fingerprint density at radius 2 is 2.00 bits per heavy atom. The molecule has 0 spiro atoms. The zero-order valence-corrected chi connectivity index (χ0v) is 15.4. The number of nitriles is 1. The molecule has 0 atom stereocenters. The second-order valence-corrected chi connectivity index (χ2v) is 5.32. The van der Waals surface area contributed by atoms with Crippen LogP contribution in [0.1, 0.15) is 25.8 Å². The van der Waals surface area contributed by atoms with Crippen LogP contribution in [0.3, 0.4) is 0 Å². The number of hydrogen-bond acceptors (Lipinski definition) is 6. The minimum Gasteiger partial charge on any atom is -0.490 e. The number of halogens is 1. The lowest BCUT2D eigenvalue weighted by Crippen LogP contribution is -2.11. The van der Waals surface area contributed by atoms with Crippen LogP contribution in [0.4, 0.5) is 0 Å². The second kappa shape index (κ2) is 11.3. The van der Waals surface area contributed by atoms with E-state index in [0.717, 1.165) is 6.42 Å². The minimum atomic E-state index is -0.722. The van der Waals surface area contributed by atoms with E-state index < -0.39 is 5.97 Å². The first-order valence-electron chi connectivity index (χ1n) is 7.94. The summed E-state index contributed by atoms with van der Waals surface area (Å²) in [6.45, 7) is 5.09. The molecule has 0 unspecified atom stereocenters. The van der Waals surface area contributed by atoms with Gasteiger partial charge in [-0.15, -0.1) is 0 Å². The number of hydrogen-bond donors (Lipinski definition) is 0. The lowest BCUT2D eigenvalue weighted by molar-refractivity contribution is -0.139. The molecule has 0 saturated carbocycles. The van der Waals surface area contributed by atoms with E-state index in [9.17, 15) is 10.1 Å². The Bertz CT molecular complexity index is 652. The van der Waals surface area contributed by atoms with Crippen LogP contribution < -0.4 is 9.47 Å². The van der Waals surface area contributed by atoms with E-state index in [-0.39, 0.29) is 18.8 Å². The SMILES string of the molecule is CCCOc1c(Cl)cc(/C=C(\C#N)C(=O)OCCOC)cc1OCC. The zero-order valence-electron chi connectivity index (χ0n) is 14.6. The van der Waals surface area contributed by atoms with E-state index in [4.69, 9.17) is 30.5 Å². The number of methoxy groups -OCH3 is 1. The van der Waals surface area contributed by atoms with Gasteiger partial charge in [0.05, 0.1) is 24.8 Å². The molecule has 0 radical (unpaired) electrons. The molecule has 0 aliphatic rings. The normalized spacial score (nSPS) is 10.9. The van der Waals surface area contributed by atoms with Crippen molar-refractivity contribution < 1.29 is 23.7 Å². The highest BCUT2D eigenvalue weighted by Crippen LogP contribution is 2.37. The molecule has 0 N–H and O–H groups in total. The summed E-state index contributed by atoms with van der Waals surface area (Å²) in [5.74, 6) is 0.184. The molecular formula is C18H22ClNO5. The molecule has 0 amide bonds. The highest BCUT2D eigenvalue weighted by atomic mass is 35.5. The van der Waals surface area contributed by atoms with E-state index in [1.807, 2.05) is 19.9 Å². The van der Waals surface area contributed by atoms with Crippen LogP contribution in [0, 0.1) is 11.3 Å². The maximum absolute atomic E-state index is 11.9. The van der Waals surface area contributed by atoms with Gasteiger partial charge in [-0.25, -0.2) is 4.79 Å². The van der Waals surface area contributed by atoms with E-state index in [1.165, 1.54) is 13.2 Å². The molecule has 0 aromatic heterocycles. The van der Waals surface area contributed by atoms with E-state index in [1.54, 1.807) is 12.1 Å². The molecule has 0 fully saturated rings. The topological polar surface area (TPSA) is 77.8 Å².